The Hall–Kier alpha value is -4.28. The van der Waals surface area contributed by atoms with E-state index < -0.39 is 12.1 Å². The van der Waals surface area contributed by atoms with Crippen LogP contribution in [0.15, 0.2) is 83.6 Å². The number of nitrogens with zero attached hydrogens (tertiary/aromatic N) is 3. The molecule has 2 atom stereocenters. The molecule has 0 aliphatic rings. The number of halogens is 1. The number of anilines is 2. The number of rotatable bonds is 12. The highest BCUT2D eigenvalue weighted by Gasteiger charge is 2.25. The fourth-order valence-electron chi connectivity index (χ4n) is 4.75. The Labute approximate surface area is 253 Å². The summed E-state index contributed by atoms with van der Waals surface area (Å²) in [6, 6.07) is 19.0. The lowest BCUT2D eigenvalue weighted by Gasteiger charge is -2.31. The SMILES string of the molecule is CN[C@@H](C)C(=O)NC(C)CN(C(=O)Cc1cccnc1)c1ccccc1N(C=O)Cc1c(O)ccc2c(Br)cccc12. The highest BCUT2D eigenvalue weighted by atomic mass is 79.9. The van der Waals surface area contributed by atoms with Crippen molar-refractivity contribution < 1.29 is 19.5 Å². The van der Waals surface area contributed by atoms with E-state index in [-0.39, 0.29) is 37.1 Å². The molecule has 3 aromatic carbocycles. The molecular formula is C32H34BrN5O4. The number of carbonyl (C=O) groups is 3. The molecule has 3 amide bonds. The molecule has 0 aliphatic heterocycles. The van der Waals surface area contributed by atoms with Crippen LogP contribution in [0.3, 0.4) is 0 Å². The van der Waals surface area contributed by atoms with Gasteiger partial charge in [-0.15, -0.1) is 0 Å². The zero-order valence-corrected chi connectivity index (χ0v) is 25.3. The molecule has 0 bridgehead atoms. The van der Waals surface area contributed by atoms with Crippen LogP contribution >= 0.6 is 15.9 Å². The van der Waals surface area contributed by atoms with E-state index in [1.54, 1.807) is 67.7 Å². The lowest BCUT2D eigenvalue weighted by molar-refractivity contribution is -0.123. The number of phenolic OH excluding ortho intramolecular Hbond substituents is 1. The van der Waals surface area contributed by atoms with Gasteiger partial charge in [0.15, 0.2) is 0 Å². The number of likely N-dealkylation sites (N-methyl/N-ethyl adjacent to an activating group) is 1. The standard InChI is InChI=1S/C32H34BrN5O4/c1-21(36-32(42)22(2)34-3)18-38(31(41)16-23-8-7-15-35-17-23)29-12-5-4-11-28(29)37(20-39)19-26-24-9-6-10-27(33)25(24)13-14-30(26)40/h4-15,17,20-22,34,40H,16,18-19H2,1-3H3,(H,36,42)/t21?,22-/m0/s1. The van der Waals surface area contributed by atoms with E-state index in [0.29, 0.717) is 23.3 Å². The van der Waals surface area contributed by atoms with E-state index >= 15 is 0 Å². The first kappa shape index (κ1) is 30.7. The van der Waals surface area contributed by atoms with Gasteiger partial charge in [0.1, 0.15) is 5.75 Å². The number of phenols is 1. The lowest BCUT2D eigenvalue weighted by atomic mass is 10.0. The number of pyridine rings is 1. The summed E-state index contributed by atoms with van der Waals surface area (Å²) in [5.41, 5.74) is 2.30. The first-order chi connectivity index (χ1) is 20.2. The molecule has 10 heteroatoms. The first-order valence-corrected chi connectivity index (χ1v) is 14.4. The van der Waals surface area contributed by atoms with Gasteiger partial charge in [0.05, 0.1) is 30.4 Å². The molecule has 1 aromatic heterocycles. The minimum Gasteiger partial charge on any atom is -0.508 e. The van der Waals surface area contributed by atoms with Crippen LogP contribution in [-0.2, 0) is 27.3 Å². The van der Waals surface area contributed by atoms with Crippen LogP contribution < -0.4 is 20.4 Å². The fourth-order valence-corrected chi connectivity index (χ4v) is 5.25. The highest BCUT2D eigenvalue weighted by Crippen LogP contribution is 2.36. The van der Waals surface area contributed by atoms with Crippen molar-refractivity contribution in [3.05, 3.63) is 94.7 Å². The molecule has 4 rings (SSSR count). The lowest BCUT2D eigenvalue weighted by Crippen LogP contribution is -2.49. The second kappa shape index (κ2) is 14.1. The number of fused-ring (bicyclic) bond motifs is 1. The Morgan fingerprint density at radius 3 is 2.45 bits per heavy atom. The van der Waals surface area contributed by atoms with Crippen molar-refractivity contribution in [3.63, 3.8) is 0 Å². The maximum atomic E-state index is 13.8. The molecule has 0 saturated heterocycles. The molecule has 218 valence electrons. The molecule has 1 heterocycles. The molecule has 0 saturated carbocycles. The third-order valence-corrected chi connectivity index (χ3v) is 7.77. The number of carbonyl (C=O) groups excluding carboxylic acids is 3. The summed E-state index contributed by atoms with van der Waals surface area (Å²) in [4.78, 5) is 46.2. The predicted octanol–water partition coefficient (Wildman–Crippen LogP) is 4.55. The van der Waals surface area contributed by atoms with Gasteiger partial charge >= 0.3 is 0 Å². The molecule has 42 heavy (non-hydrogen) atoms. The number of nitrogens with one attached hydrogen (secondary N) is 2. The molecule has 0 spiro atoms. The molecule has 9 nitrogen and oxygen atoms in total. The number of aromatic nitrogens is 1. The Morgan fingerprint density at radius 1 is 1.00 bits per heavy atom. The van der Waals surface area contributed by atoms with Crippen molar-refractivity contribution in [1.82, 2.24) is 15.6 Å². The summed E-state index contributed by atoms with van der Waals surface area (Å²) < 4.78 is 0.870. The van der Waals surface area contributed by atoms with Gasteiger partial charge in [-0.2, -0.15) is 0 Å². The minimum absolute atomic E-state index is 0.0597. The van der Waals surface area contributed by atoms with Crippen molar-refractivity contribution >= 4 is 56.3 Å². The zero-order valence-electron chi connectivity index (χ0n) is 23.8. The van der Waals surface area contributed by atoms with Crippen LogP contribution in [0.25, 0.3) is 10.8 Å². The molecule has 0 fully saturated rings. The van der Waals surface area contributed by atoms with E-state index in [9.17, 15) is 19.5 Å². The van der Waals surface area contributed by atoms with Crippen molar-refractivity contribution in [2.24, 2.45) is 0 Å². The molecule has 1 unspecified atom stereocenters. The average Bonchev–Trinajstić information content (AvgIpc) is 2.99. The molecular weight excluding hydrogens is 598 g/mol. The normalized spacial score (nSPS) is 12.4. The fraction of sp³-hybridized carbons (Fsp3) is 0.250. The van der Waals surface area contributed by atoms with Crippen LogP contribution in [0.1, 0.15) is 25.0 Å². The zero-order chi connectivity index (χ0) is 30.2. The van der Waals surface area contributed by atoms with Gasteiger partial charge in [0.2, 0.25) is 18.2 Å². The smallest absolute Gasteiger partial charge is 0.237 e. The Balaban J connectivity index is 1.72. The van der Waals surface area contributed by atoms with Crippen molar-refractivity contribution in [3.8, 4) is 5.75 Å². The van der Waals surface area contributed by atoms with Crippen LogP contribution in [0.5, 0.6) is 5.75 Å². The number of aromatic hydroxyl groups is 1. The van der Waals surface area contributed by atoms with Crippen molar-refractivity contribution in [1.29, 1.82) is 0 Å². The number of hydrogen-bond acceptors (Lipinski definition) is 6. The van der Waals surface area contributed by atoms with E-state index in [1.165, 1.54) is 4.90 Å². The maximum absolute atomic E-state index is 13.8. The van der Waals surface area contributed by atoms with E-state index in [0.717, 1.165) is 20.8 Å². The molecule has 3 N–H and O–H groups in total. The van der Waals surface area contributed by atoms with Gasteiger partial charge < -0.3 is 25.5 Å². The van der Waals surface area contributed by atoms with E-state index in [2.05, 4.69) is 31.5 Å². The topological polar surface area (TPSA) is 115 Å². The maximum Gasteiger partial charge on any atom is 0.237 e. The summed E-state index contributed by atoms with van der Waals surface area (Å²) in [6.07, 6.45) is 4.05. The van der Waals surface area contributed by atoms with E-state index in [4.69, 9.17) is 0 Å². The minimum atomic E-state index is -0.404. The second-order valence-electron chi connectivity index (χ2n) is 10.1. The third-order valence-electron chi connectivity index (χ3n) is 7.08. The van der Waals surface area contributed by atoms with Gasteiger partial charge in [-0.3, -0.25) is 19.4 Å². The summed E-state index contributed by atoms with van der Waals surface area (Å²) in [5.74, 6) is -0.351. The monoisotopic (exact) mass is 631 g/mol. The Bertz CT molecular complexity index is 1570. The second-order valence-corrected chi connectivity index (χ2v) is 10.9. The third kappa shape index (κ3) is 7.13. The summed E-state index contributed by atoms with van der Waals surface area (Å²) in [5, 5.41) is 18.4. The summed E-state index contributed by atoms with van der Waals surface area (Å²) in [6.45, 7) is 3.82. The summed E-state index contributed by atoms with van der Waals surface area (Å²) in [7, 11) is 1.70. The van der Waals surface area contributed by atoms with E-state index in [1.807, 2.05) is 37.3 Å². The van der Waals surface area contributed by atoms with Crippen molar-refractivity contribution in [2.75, 3.05) is 23.4 Å². The van der Waals surface area contributed by atoms with Gasteiger partial charge in [-0.25, -0.2) is 0 Å². The molecule has 4 aromatic rings. The number of amides is 3. The first-order valence-electron chi connectivity index (χ1n) is 13.6. The molecule has 0 radical (unpaired) electrons. The van der Waals surface area contributed by atoms with Gasteiger partial charge in [-0.1, -0.05) is 46.3 Å². The molecule has 0 aliphatic carbocycles. The van der Waals surface area contributed by atoms with Gasteiger partial charge in [-0.05, 0) is 73.6 Å². The van der Waals surface area contributed by atoms with Crippen molar-refractivity contribution in [2.45, 2.75) is 38.9 Å². The number of benzene rings is 3. The predicted molar refractivity (Wildman–Crippen MR) is 168 cm³/mol. The number of para-hydroxylation sites is 2. The Kier molecular flexibility index (Phi) is 10.3. The van der Waals surface area contributed by atoms with Gasteiger partial charge in [0, 0.05) is 35.0 Å². The van der Waals surface area contributed by atoms with Gasteiger partial charge in [0.25, 0.3) is 0 Å². The Morgan fingerprint density at radius 2 is 1.76 bits per heavy atom. The largest absolute Gasteiger partial charge is 0.508 e. The van der Waals surface area contributed by atoms with Crippen LogP contribution in [-0.4, -0.2) is 54.0 Å². The summed E-state index contributed by atoms with van der Waals surface area (Å²) >= 11 is 3.56. The quantitative estimate of drug-likeness (QED) is 0.198. The average molecular weight is 633 g/mol. The highest BCUT2D eigenvalue weighted by molar-refractivity contribution is 9.10. The van der Waals surface area contributed by atoms with Crippen LogP contribution in [0, 0.1) is 0 Å². The van der Waals surface area contributed by atoms with Crippen LogP contribution in [0.2, 0.25) is 0 Å². The number of hydrogen-bond donors (Lipinski definition) is 3. The van der Waals surface area contributed by atoms with Crippen LogP contribution in [0.4, 0.5) is 11.4 Å².